The molecule has 0 unspecified atom stereocenters. The molecule has 0 fully saturated rings. The Morgan fingerprint density at radius 3 is 2.73 bits per heavy atom. The predicted octanol–water partition coefficient (Wildman–Crippen LogP) is 4.56. The number of nitrogens with zero attached hydrogens (tertiary/aromatic N) is 1. The standard InChI is InChI=1S/C20H15F2NO2S/c21-14-7-8-17(16(22)11-14)23(12-15-5-3-9-26-15)20(24)19-10-13-4-1-2-6-18(13)25-19/h1-9,11,19H,10,12H2/t19-/m0/s1. The predicted molar refractivity (Wildman–Crippen MR) is 96.4 cm³/mol. The topological polar surface area (TPSA) is 29.5 Å². The molecule has 2 heterocycles. The molecule has 1 atom stereocenters. The van der Waals surface area contributed by atoms with Gasteiger partial charge in [0.2, 0.25) is 0 Å². The molecule has 1 aromatic heterocycles. The number of para-hydroxylation sites is 1. The number of fused-ring (bicyclic) bond motifs is 1. The molecule has 2 aromatic carbocycles. The number of hydrogen-bond acceptors (Lipinski definition) is 3. The van der Waals surface area contributed by atoms with Crippen LogP contribution in [0.1, 0.15) is 10.4 Å². The first-order chi connectivity index (χ1) is 12.6. The van der Waals surface area contributed by atoms with Gasteiger partial charge in [0, 0.05) is 17.4 Å². The summed E-state index contributed by atoms with van der Waals surface area (Å²) in [5, 5.41) is 1.89. The minimum Gasteiger partial charge on any atom is -0.480 e. The summed E-state index contributed by atoms with van der Waals surface area (Å²) in [5.74, 6) is -1.13. The molecule has 1 aliphatic heterocycles. The molecule has 0 spiro atoms. The van der Waals surface area contributed by atoms with Crippen LogP contribution in [0.3, 0.4) is 0 Å². The zero-order chi connectivity index (χ0) is 18.1. The molecule has 3 aromatic rings. The van der Waals surface area contributed by atoms with Gasteiger partial charge in [-0.1, -0.05) is 24.3 Å². The Hall–Kier alpha value is -2.73. The first kappa shape index (κ1) is 16.7. The Morgan fingerprint density at radius 1 is 1.15 bits per heavy atom. The van der Waals surface area contributed by atoms with E-state index in [9.17, 15) is 13.6 Å². The average Bonchev–Trinajstić information content (AvgIpc) is 3.29. The van der Waals surface area contributed by atoms with Crippen molar-refractivity contribution >= 4 is 22.9 Å². The second-order valence-electron chi connectivity index (χ2n) is 6.02. The zero-order valence-electron chi connectivity index (χ0n) is 13.7. The van der Waals surface area contributed by atoms with Gasteiger partial charge in [-0.05, 0) is 35.2 Å². The van der Waals surface area contributed by atoms with Crippen molar-refractivity contribution in [3.8, 4) is 5.75 Å². The molecule has 26 heavy (non-hydrogen) atoms. The summed E-state index contributed by atoms with van der Waals surface area (Å²) in [6, 6.07) is 14.4. The lowest BCUT2D eigenvalue weighted by molar-refractivity contribution is -0.124. The van der Waals surface area contributed by atoms with E-state index in [4.69, 9.17) is 4.74 Å². The second kappa shape index (κ2) is 6.88. The van der Waals surface area contributed by atoms with E-state index in [0.29, 0.717) is 12.2 Å². The SMILES string of the molecule is O=C([C@@H]1Cc2ccccc2O1)N(Cc1cccs1)c1ccc(F)cc1F. The number of ether oxygens (including phenoxy) is 1. The van der Waals surface area contributed by atoms with Gasteiger partial charge in [0.15, 0.2) is 6.10 Å². The minimum absolute atomic E-state index is 0.0457. The first-order valence-corrected chi connectivity index (χ1v) is 9.03. The molecule has 0 radical (unpaired) electrons. The minimum atomic E-state index is -0.773. The molecular formula is C20H15F2NO2S. The summed E-state index contributed by atoms with van der Waals surface area (Å²) in [5.41, 5.74) is 0.992. The van der Waals surface area contributed by atoms with Crippen molar-refractivity contribution in [1.82, 2.24) is 0 Å². The lowest BCUT2D eigenvalue weighted by Crippen LogP contribution is -2.41. The monoisotopic (exact) mass is 371 g/mol. The highest BCUT2D eigenvalue weighted by atomic mass is 32.1. The van der Waals surface area contributed by atoms with Gasteiger partial charge >= 0.3 is 0 Å². The van der Waals surface area contributed by atoms with E-state index in [1.165, 1.54) is 22.3 Å². The summed E-state index contributed by atoms with van der Waals surface area (Å²) < 4.78 is 33.4. The number of anilines is 1. The van der Waals surface area contributed by atoms with Crippen LogP contribution in [0.2, 0.25) is 0 Å². The normalized spacial score (nSPS) is 15.4. The highest BCUT2D eigenvalue weighted by Crippen LogP contribution is 2.31. The summed E-state index contributed by atoms with van der Waals surface area (Å²) in [4.78, 5) is 15.4. The third kappa shape index (κ3) is 3.20. The van der Waals surface area contributed by atoms with E-state index in [2.05, 4.69) is 0 Å². The van der Waals surface area contributed by atoms with E-state index in [-0.39, 0.29) is 18.1 Å². The molecular weight excluding hydrogens is 356 g/mol. The maximum atomic E-state index is 14.4. The van der Waals surface area contributed by atoms with E-state index in [1.54, 1.807) is 0 Å². The van der Waals surface area contributed by atoms with E-state index in [0.717, 1.165) is 22.6 Å². The molecule has 0 N–H and O–H groups in total. The number of carbonyl (C=O) groups excluding carboxylic acids is 1. The maximum Gasteiger partial charge on any atom is 0.268 e. The Bertz CT molecular complexity index is 918. The third-order valence-electron chi connectivity index (χ3n) is 4.28. The van der Waals surface area contributed by atoms with E-state index in [1.807, 2.05) is 41.8 Å². The van der Waals surface area contributed by atoms with Gasteiger partial charge < -0.3 is 9.64 Å². The fourth-order valence-electron chi connectivity index (χ4n) is 3.03. The molecule has 4 rings (SSSR count). The first-order valence-electron chi connectivity index (χ1n) is 8.15. The van der Waals surface area contributed by atoms with Crippen LogP contribution in [0.25, 0.3) is 0 Å². The number of carbonyl (C=O) groups is 1. The van der Waals surface area contributed by atoms with Crippen molar-refractivity contribution in [2.45, 2.75) is 19.1 Å². The highest BCUT2D eigenvalue weighted by molar-refractivity contribution is 7.09. The summed E-state index contributed by atoms with van der Waals surface area (Å²) >= 11 is 1.47. The quantitative estimate of drug-likeness (QED) is 0.673. The van der Waals surface area contributed by atoms with E-state index < -0.39 is 17.7 Å². The summed E-state index contributed by atoms with van der Waals surface area (Å²) in [6.45, 7) is 0.204. The van der Waals surface area contributed by atoms with Gasteiger partial charge in [0.05, 0.1) is 12.2 Å². The van der Waals surface area contributed by atoms with Gasteiger partial charge in [0.25, 0.3) is 5.91 Å². The second-order valence-corrected chi connectivity index (χ2v) is 7.05. The van der Waals surface area contributed by atoms with Crippen LogP contribution >= 0.6 is 11.3 Å². The maximum absolute atomic E-state index is 14.4. The Kier molecular flexibility index (Phi) is 4.42. The molecule has 132 valence electrons. The molecule has 3 nitrogen and oxygen atoms in total. The number of thiophene rings is 1. The van der Waals surface area contributed by atoms with Gasteiger partial charge in [-0.2, -0.15) is 0 Å². The van der Waals surface area contributed by atoms with Crippen molar-refractivity contribution in [2.75, 3.05) is 4.90 Å². The lowest BCUT2D eigenvalue weighted by Gasteiger charge is -2.25. The van der Waals surface area contributed by atoms with Crippen LogP contribution in [0.15, 0.2) is 60.0 Å². The Morgan fingerprint density at radius 2 is 2.00 bits per heavy atom. The number of halogens is 2. The number of benzene rings is 2. The van der Waals surface area contributed by atoms with Gasteiger partial charge in [-0.15, -0.1) is 11.3 Å². The fraction of sp³-hybridized carbons (Fsp3) is 0.150. The van der Waals surface area contributed by atoms with Crippen LogP contribution in [0, 0.1) is 11.6 Å². The van der Waals surface area contributed by atoms with Crippen LogP contribution in [0.5, 0.6) is 5.75 Å². The fourth-order valence-corrected chi connectivity index (χ4v) is 3.73. The van der Waals surface area contributed by atoms with Gasteiger partial charge in [-0.25, -0.2) is 8.78 Å². The van der Waals surface area contributed by atoms with Crippen LogP contribution in [0.4, 0.5) is 14.5 Å². The van der Waals surface area contributed by atoms with Crippen LogP contribution in [-0.4, -0.2) is 12.0 Å². The number of rotatable bonds is 4. The van der Waals surface area contributed by atoms with Gasteiger partial charge in [-0.3, -0.25) is 4.79 Å². The van der Waals surface area contributed by atoms with Crippen molar-refractivity contribution in [1.29, 1.82) is 0 Å². The summed E-state index contributed by atoms with van der Waals surface area (Å²) in [7, 11) is 0. The zero-order valence-corrected chi connectivity index (χ0v) is 14.5. The molecule has 0 bridgehead atoms. The average molecular weight is 371 g/mol. The van der Waals surface area contributed by atoms with Crippen molar-refractivity contribution in [3.63, 3.8) is 0 Å². The molecule has 0 saturated carbocycles. The third-order valence-corrected chi connectivity index (χ3v) is 5.14. The summed E-state index contributed by atoms with van der Waals surface area (Å²) in [6.07, 6.45) is -0.296. The highest BCUT2D eigenvalue weighted by Gasteiger charge is 2.34. The molecule has 6 heteroatoms. The molecule has 0 saturated heterocycles. The molecule has 0 aliphatic carbocycles. The van der Waals surface area contributed by atoms with E-state index >= 15 is 0 Å². The van der Waals surface area contributed by atoms with Crippen molar-refractivity contribution < 1.29 is 18.3 Å². The lowest BCUT2D eigenvalue weighted by atomic mass is 10.1. The van der Waals surface area contributed by atoms with Gasteiger partial charge in [0.1, 0.15) is 17.4 Å². The number of amides is 1. The van der Waals surface area contributed by atoms with Crippen LogP contribution < -0.4 is 9.64 Å². The Balaban J connectivity index is 1.65. The largest absolute Gasteiger partial charge is 0.480 e. The molecule has 1 aliphatic rings. The van der Waals surface area contributed by atoms with Crippen molar-refractivity contribution in [3.05, 3.63) is 82.1 Å². The molecule has 1 amide bonds. The van der Waals surface area contributed by atoms with Crippen LogP contribution in [-0.2, 0) is 17.8 Å². The number of hydrogen-bond donors (Lipinski definition) is 0. The smallest absolute Gasteiger partial charge is 0.268 e. The Labute approximate surface area is 153 Å². The van der Waals surface area contributed by atoms with Crippen molar-refractivity contribution in [2.24, 2.45) is 0 Å².